The Kier molecular flexibility index (Phi) is 7.04. The van der Waals surface area contributed by atoms with Crippen LogP contribution in [0.3, 0.4) is 0 Å². The molecule has 5 nitrogen and oxygen atoms in total. The number of nitrogens with one attached hydrogen (secondary N) is 1. The Labute approximate surface area is 158 Å². The second kappa shape index (κ2) is 9.25. The van der Waals surface area contributed by atoms with Crippen LogP contribution in [0.25, 0.3) is 0 Å². The molecule has 0 saturated carbocycles. The van der Waals surface area contributed by atoms with Crippen molar-refractivity contribution >= 4 is 29.1 Å². The van der Waals surface area contributed by atoms with Crippen LogP contribution in [0.4, 0.5) is 5.69 Å². The minimum Gasteiger partial charge on any atom is -0.484 e. The van der Waals surface area contributed by atoms with Crippen LogP contribution in [0.1, 0.15) is 29.8 Å². The van der Waals surface area contributed by atoms with Gasteiger partial charge in [0.15, 0.2) is 6.61 Å². The molecule has 0 atom stereocenters. The van der Waals surface area contributed by atoms with Crippen molar-refractivity contribution in [3.05, 3.63) is 58.6 Å². The summed E-state index contributed by atoms with van der Waals surface area (Å²) in [6, 6.07) is 12.1. The summed E-state index contributed by atoms with van der Waals surface area (Å²) in [6.07, 6.45) is 0. The molecular formula is C20H23ClN2O3. The average molecular weight is 375 g/mol. The van der Waals surface area contributed by atoms with Crippen molar-refractivity contribution in [2.24, 2.45) is 0 Å². The highest BCUT2D eigenvalue weighted by molar-refractivity contribution is 6.31. The SMILES string of the molecule is CCN(CC)C(=O)c1ccc(NC(=O)COc2ccc(Cl)c(C)c2)cc1. The number of halogens is 1. The van der Waals surface area contributed by atoms with E-state index < -0.39 is 0 Å². The van der Waals surface area contributed by atoms with E-state index in [0.717, 1.165) is 5.56 Å². The van der Waals surface area contributed by atoms with Gasteiger partial charge in [0.05, 0.1) is 0 Å². The van der Waals surface area contributed by atoms with E-state index in [0.29, 0.717) is 35.1 Å². The summed E-state index contributed by atoms with van der Waals surface area (Å²) in [7, 11) is 0. The van der Waals surface area contributed by atoms with E-state index in [9.17, 15) is 9.59 Å². The number of rotatable bonds is 7. The predicted molar refractivity (Wildman–Crippen MR) is 104 cm³/mol. The van der Waals surface area contributed by atoms with Gasteiger partial charge in [0.1, 0.15) is 5.75 Å². The van der Waals surface area contributed by atoms with Crippen LogP contribution < -0.4 is 10.1 Å². The van der Waals surface area contributed by atoms with Gasteiger partial charge in [-0.15, -0.1) is 0 Å². The van der Waals surface area contributed by atoms with Crippen LogP contribution in [0.5, 0.6) is 5.75 Å². The Bertz CT molecular complexity index is 771. The van der Waals surface area contributed by atoms with Gasteiger partial charge in [-0.3, -0.25) is 9.59 Å². The molecule has 2 amide bonds. The van der Waals surface area contributed by atoms with Crippen LogP contribution in [0, 0.1) is 6.92 Å². The Balaban J connectivity index is 1.90. The predicted octanol–water partition coefficient (Wildman–Crippen LogP) is 4.15. The molecule has 0 aliphatic carbocycles. The number of carbonyl (C=O) groups is 2. The third-order valence-electron chi connectivity index (χ3n) is 3.97. The van der Waals surface area contributed by atoms with E-state index >= 15 is 0 Å². The van der Waals surface area contributed by atoms with Gasteiger partial charge < -0.3 is 15.0 Å². The minimum atomic E-state index is -0.277. The summed E-state index contributed by atoms with van der Waals surface area (Å²) in [6.45, 7) is 6.97. The number of benzene rings is 2. The van der Waals surface area contributed by atoms with Crippen molar-refractivity contribution in [2.45, 2.75) is 20.8 Å². The van der Waals surface area contributed by atoms with Crippen molar-refractivity contribution < 1.29 is 14.3 Å². The summed E-state index contributed by atoms with van der Waals surface area (Å²) in [5.74, 6) is 0.289. The summed E-state index contributed by atoms with van der Waals surface area (Å²) in [5.41, 5.74) is 2.10. The van der Waals surface area contributed by atoms with Crippen molar-refractivity contribution in [3.8, 4) is 5.75 Å². The van der Waals surface area contributed by atoms with Crippen molar-refractivity contribution in [2.75, 3.05) is 25.0 Å². The summed E-state index contributed by atoms with van der Waals surface area (Å²) in [5, 5.41) is 3.40. The van der Waals surface area contributed by atoms with Gasteiger partial charge in [-0.25, -0.2) is 0 Å². The molecule has 2 rings (SSSR count). The lowest BCUT2D eigenvalue weighted by Gasteiger charge is -2.18. The van der Waals surface area contributed by atoms with E-state index in [4.69, 9.17) is 16.3 Å². The number of aryl methyl sites for hydroxylation is 1. The molecule has 2 aromatic rings. The van der Waals surface area contributed by atoms with E-state index in [1.165, 1.54) is 0 Å². The molecule has 0 aromatic heterocycles. The highest BCUT2D eigenvalue weighted by Gasteiger charge is 2.12. The molecule has 0 unspecified atom stereocenters. The van der Waals surface area contributed by atoms with Crippen LogP contribution in [-0.2, 0) is 4.79 Å². The van der Waals surface area contributed by atoms with Gasteiger partial charge in [0, 0.05) is 29.4 Å². The zero-order valence-corrected chi connectivity index (χ0v) is 16.0. The Morgan fingerprint density at radius 1 is 1.08 bits per heavy atom. The minimum absolute atomic E-state index is 0.0191. The second-order valence-electron chi connectivity index (χ2n) is 5.80. The largest absolute Gasteiger partial charge is 0.484 e. The Morgan fingerprint density at radius 2 is 1.73 bits per heavy atom. The maximum absolute atomic E-state index is 12.3. The molecule has 138 valence electrons. The zero-order chi connectivity index (χ0) is 19.1. The molecular weight excluding hydrogens is 352 g/mol. The fourth-order valence-electron chi connectivity index (χ4n) is 2.44. The number of hydrogen-bond donors (Lipinski definition) is 1. The van der Waals surface area contributed by atoms with Crippen LogP contribution in [-0.4, -0.2) is 36.4 Å². The number of hydrogen-bond acceptors (Lipinski definition) is 3. The maximum Gasteiger partial charge on any atom is 0.262 e. The molecule has 0 aliphatic rings. The summed E-state index contributed by atoms with van der Waals surface area (Å²) < 4.78 is 5.47. The highest BCUT2D eigenvalue weighted by Crippen LogP contribution is 2.21. The standard InChI is InChI=1S/C20H23ClN2O3/c1-4-23(5-2)20(25)15-6-8-16(9-7-15)22-19(24)13-26-17-10-11-18(21)14(3)12-17/h6-12H,4-5,13H2,1-3H3,(H,22,24). The lowest BCUT2D eigenvalue weighted by Crippen LogP contribution is -2.30. The monoisotopic (exact) mass is 374 g/mol. The third kappa shape index (κ3) is 5.23. The molecule has 0 bridgehead atoms. The van der Waals surface area contributed by atoms with Gasteiger partial charge in [-0.05, 0) is 68.8 Å². The van der Waals surface area contributed by atoms with Gasteiger partial charge in [-0.2, -0.15) is 0 Å². The van der Waals surface area contributed by atoms with Gasteiger partial charge in [0.2, 0.25) is 0 Å². The molecule has 0 heterocycles. The highest BCUT2D eigenvalue weighted by atomic mass is 35.5. The molecule has 2 aromatic carbocycles. The van der Waals surface area contributed by atoms with E-state index in [1.807, 2.05) is 20.8 Å². The van der Waals surface area contributed by atoms with E-state index in [-0.39, 0.29) is 18.4 Å². The first-order valence-corrected chi connectivity index (χ1v) is 8.90. The average Bonchev–Trinajstić information content (AvgIpc) is 2.64. The lowest BCUT2D eigenvalue weighted by atomic mass is 10.2. The first-order chi connectivity index (χ1) is 12.4. The van der Waals surface area contributed by atoms with Crippen molar-refractivity contribution in [3.63, 3.8) is 0 Å². The zero-order valence-electron chi connectivity index (χ0n) is 15.2. The molecule has 26 heavy (non-hydrogen) atoms. The number of nitrogens with zero attached hydrogens (tertiary/aromatic N) is 1. The molecule has 0 fully saturated rings. The number of ether oxygens (including phenoxy) is 1. The van der Waals surface area contributed by atoms with Crippen molar-refractivity contribution in [1.29, 1.82) is 0 Å². The number of carbonyl (C=O) groups excluding carboxylic acids is 2. The molecule has 0 spiro atoms. The van der Waals surface area contributed by atoms with Crippen LogP contribution >= 0.6 is 11.6 Å². The smallest absolute Gasteiger partial charge is 0.262 e. The number of amides is 2. The van der Waals surface area contributed by atoms with E-state index in [1.54, 1.807) is 47.4 Å². The molecule has 0 saturated heterocycles. The first-order valence-electron chi connectivity index (χ1n) is 8.52. The molecule has 0 radical (unpaired) electrons. The first kappa shape index (κ1) is 19.8. The molecule has 6 heteroatoms. The van der Waals surface area contributed by atoms with Gasteiger partial charge in [0.25, 0.3) is 11.8 Å². The Hall–Kier alpha value is -2.53. The summed E-state index contributed by atoms with van der Waals surface area (Å²) >= 11 is 5.96. The molecule has 1 N–H and O–H groups in total. The fraction of sp³-hybridized carbons (Fsp3) is 0.300. The third-order valence-corrected chi connectivity index (χ3v) is 4.39. The quantitative estimate of drug-likeness (QED) is 0.792. The maximum atomic E-state index is 12.3. The van der Waals surface area contributed by atoms with Crippen LogP contribution in [0.2, 0.25) is 5.02 Å². The normalized spacial score (nSPS) is 10.3. The summed E-state index contributed by atoms with van der Waals surface area (Å²) in [4.78, 5) is 26.0. The van der Waals surface area contributed by atoms with Gasteiger partial charge >= 0.3 is 0 Å². The van der Waals surface area contributed by atoms with E-state index in [2.05, 4.69) is 5.32 Å². The lowest BCUT2D eigenvalue weighted by molar-refractivity contribution is -0.118. The Morgan fingerprint density at radius 3 is 2.31 bits per heavy atom. The van der Waals surface area contributed by atoms with Crippen molar-refractivity contribution in [1.82, 2.24) is 4.90 Å². The number of anilines is 1. The van der Waals surface area contributed by atoms with Gasteiger partial charge in [-0.1, -0.05) is 11.6 Å². The molecule has 0 aliphatic heterocycles. The fourth-order valence-corrected chi connectivity index (χ4v) is 2.56. The topological polar surface area (TPSA) is 58.6 Å². The van der Waals surface area contributed by atoms with Crippen LogP contribution in [0.15, 0.2) is 42.5 Å². The second-order valence-corrected chi connectivity index (χ2v) is 6.21.